The van der Waals surface area contributed by atoms with Crippen molar-refractivity contribution in [1.29, 1.82) is 0 Å². The largest absolute Gasteiger partial charge is 0.325 e. The van der Waals surface area contributed by atoms with Crippen LogP contribution in [0.5, 0.6) is 0 Å². The SMILES string of the molecule is Cc1ccccc1C(=O)Nc1ccc(SC(C)C(=O)Nc2cc(Cl)cc(Cl)c2)cc1. The Balaban J connectivity index is 1.58. The fraction of sp³-hybridized carbons (Fsp3) is 0.130. The molecule has 0 radical (unpaired) electrons. The molecule has 0 fully saturated rings. The lowest BCUT2D eigenvalue weighted by molar-refractivity contribution is -0.115. The van der Waals surface area contributed by atoms with Crippen LogP contribution in [0.1, 0.15) is 22.8 Å². The fourth-order valence-electron chi connectivity index (χ4n) is 2.77. The lowest BCUT2D eigenvalue weighted by atomic mass is 10.1. The monoisotopic (exact) mass is 458 g/mol. The van der Waals surface area contributed by atoms with Gasteiger partial charge in [-0.05, 0) is 67.9 Å². The molecule has 2 amide bonds. The first-order valence-corrected chi connectivity index (χ1v) is 10.9. The van der Waals surface area contributed by atoms with Gasteiger partial charge in [-0.25, -0.2) is 0 Å². The van der Waals surface area contributed by atoms with Crippen molar-refractivity contribution in [3.8, 4) is 0 Å². The van der Waals surface area contributed by atoms with Gasteiger partial charge in [0.1, 0.15) is 0 Å². The Kier molecular flexibility index (Phi) is 7.43. The second-order valence-electron chi connectivity index (χ2n) is 6.70. The molecule has 30 heavy (non-hydrogen) atoms. The van der Waals surface area contributed by atoms with E-state index in [4.69, 9.17) is 23.2 Å². The third-order valence-electron chi connectivity index (χ3n) is 4.31. The first kappa shape index (κ1) is 22.2. The molecule has 0 aliphatic rings. The van der Waals surface area contributed by atoms with Crippen molar-refractivity contribution in [2.24, 2.45) is 0 Å². The van der Waals surface area contributed by atoms with Crippen molar-refractivity contribution in [3.63, 3.8) is 0 Å². The summed E-state index contributed by atoms with van der Waals surface area (Å²) in [6.07, 6.45) is 0. The molecule has 1 atom stereocenters. The molecule has 0 aliphatic heterocycles. The second-order valence-corrected chi connectivity index (χ2v) is 8.99. The topological polar surface area (TPSA) is 58.2 Å². The van der Waals surface area contributed by atoms with Gasteiger partial charge in [-0.1, -0.05) is 41.4 Å². The number of carbonyl (C=O) groups excluding carboxylic acids is 2. The maximum absolute atomic E-state index is 12.5. The lowest BCUT2D eigenvalue weighted by Gasteiger charge is -2.13. The van der Waals surface area contributed by atoms with E-state index in [2.05, 4.69) is 10.6 Å². The van der Waals surface area contributed by atoms with Gasteiger partial charge in [-0.15, -0.1) is 11.8 Å². The molecule has 0 heterocycles. The number of amides is 2. The van der Waals surface area contributed by atoms with Crippen molar-refractivity contribution in [3.05, 3.63) is 87.9 Å². The number of carbonyl (C=O) groups is 2. The molecule has 3 aromatic carbocycles. The number of thioether (sulfide) groups is 1. The van der Waals surface area contributed by atoms with Gasteiger partial charge in [-0.2, -0.15) is 0 Å². The number of halogens is 2. The van der Waals surface area contributed by atoms with Crippen molar-refractivity contribution in [2.45, 2.75) is 24.0 Å². The summed E-state index contributed by atoms with van der Waals surface area (Å²) >= 11 is 13.4. The standard InChI is InChI=1S/C23H20Cl2N2O2S/c1-14-5-3-4-6-21(14)23(29)26-18-7-9-20(10-8-18)30-15(2)22(28)27-19-12-16(24)11-17(25)13-19/h3-13,15H,1-2H3,(H,26,29)(H,27,28). The third kappa shape index (κ3) is 6.02. The van der Waals surface area contributed by atoms with Crippen LogP contribution in [0.4, 0.5) is 11.4 Å². The average molecular weight is 459 g/mol. The molecule has 4 nitrogen and oxygen atoms in total. The zero-order valence-corrected chi connectivity index (χ0v) is 18.7. The van der Waals surface area contributed by atoms with Gasteiger partial charge in [0.25, 0.3) is 5.91 Å². The van der Waals surface area contributed by atoms with Crippen LogP contribution < -0.4 is 10.6 Å². The van der Waals surface area contributed by atoms with Crippen LogP contribution in [0.3, 0.4) is 0 Å². The molecule has 7 heteroatoms. The van der Waals surface area contributed by atoms with Crippen LogP contribution in [-0.4, -0.2) is 17.1 Å². The van der Waals surface area contributed by atoms with Crippen LogP contribution in [0.2, 0.25) is 10.0 Å². The highest BCUT2D eigenvalue weighted by atomic mass is 35.5. The number of rotatable bonds is 6. The van der Waals surface area contributed by atoms with E-state index in [0.29, 0.717) is 27.0 Å². The van der Waals surface area contributed by atoms with E-state index in [0.717, 1.165) is 10.5 Å². The highest BCUT2D eigenvalue weighted by Gasteiger charge is 2.15. The minimum absolute atomic E-state index is 0.151. The molecule has 1 unspecified atom stereocenters. The maximum atomic E-state index is 12.5. The van der Waals surface area contributed by atoms with Gasteiger partial charge in [0, 0.05) is 31.9 Å². The minimum Gasteiger partial charge on any atom is -0.325 e. The van der Waals surface area contributed by atoms with Gasteiger partial charge in [0.05, 0.1) is 5.25 Å². The summed E-state index contributed by atoms with van der Waals surface area (Å²) in [5.41, 5.74) is 2.81. The molecule has 154 valence electrons. The molecule has 0 saturated carbocycles. The van der Waals surface area contributed by atoms with E-state index in [1.165, 1.54) is 11.8 Å². The Bertz CT molecular complexity index is 1050. The van der Waals surface area contributed by atoms with Crippen molar-refractivity contribution in [2.75, 3.05) is 10.6 Å². The quantitative estimate of drug-likeness (QED) is 0.405. The zero-order chi connectivity index (χ0) is 21.7. The highest BCUT2D eigenvalue weighted by Crippen LogP contribution is 2.27. The molecule has 0 bridgehead atoms. The van der Waals surface area contributed by atoms with Crippen molar-refractivity contribution in [1.82, 2.24) is 0 Å². The van der Waals surface area contributed by atoms with Gasteiger partial charge in [-0.3, -0.25) is 9.59 Å². The van der Waals surface area contributed by atoms with Crippen LogP contribution in [0.15, 0.2) is 71.6 Å². The molecule has 0 aliphatic carbocycles. The van der Waals surface area contributed by atoms with E-state index < -0.39 is 0 Å². The summed E-state index contributed by atoms with van der Waals surface area (Å²) in [6, 6.07) is 19.7. The summed E-state index contributed by atoms with van der Waals surface area (Å²) < 4.78 is 0. The Morgan fingerprint density at radius 2 is 1.50 bits per heavy atom. The molecule has 2 N–H and O–H groups in total. The Labute approximate surface area is 190 Å². The lowest BCUT2D eigenvalue weighted by Crippen LogP contribution is -2.22. The average Bonchev–Trinajstić information content (AvgIpc) is 2.69. The summed E-state index contributed by atoms with van der Waals surface area (Å²) in [5, 5.41) is 6.29. The molecule has 0 spiro atoms. The molecular formula is C23H20Cl2N2O2S. The van der Waals surface area contributed by atoms with E-state index in [-0.39, 0.29) is 17.1 Å². The van der Waals surface area contributed by atoms with E-state index >= 15 is 0 Å². The number of anilines is 2. The number of nitrogens with one attached hydrogen (secondary N) is 2. The van der Waals surface area contributed by atoms with Gasteiger partial charge >= 0.3 is 0 Å². The molecular weight excluding hydrogens is 439 g/mol. The minimum atomic E-state index is -0.338. The summed E-state index contributed by atoms with van der Waals surface area (Å²) in [4.78, 5) is 25.8. The second kappa shape index (κ2) is 10.0. The van der Waals surface area contributed by atoms with Crippen molar-refractivity contribution >= 4 is 58.2 Å². The Hall–Kier alpha value is -2.47. The van der Waals surface area contributed by atoms with Crippen LogP contribution in [0, 0.1) is 6.92 Å². The van der Waals surface area contributed by atoms with Crippen LogP contribution in [0.25, 0.3) is 0 Å². The van der Waals surface area contributed by atoms with Crippen molar-refractivity contribution < 1.29 is 9.59 Å². The smallest absolute Gasteiger partial charge is 0.255 e. The highest BCUT2D eigenvalue weighted by molar-refractivity contribution is 8.00. The molecule has 0 aromatic heterocycles. The van der Waals surface area contributed by atoms with E-state index in [1.54, 1.807) is 24.3 Å². The van der Waals surface area contributed by atoms with Gasteiger partial charge in [0.2, 0.25) is 5.91 Å². The Morgan fingerprint density at radius 1 is 0.867 bits per heavy atom. The fourth-order valence-corrected chi connectivity index (χ4v) is 4.16. The summed E-state index contributed by atoms with van der Waals surface area (Å²) in [6.45, 7) is 3.72. The normalized spacial score (nSPS) is 11.6. The van der Waals surface area contributed by atoms with Gasteiger partial charge in [0.15, 0.2) is 0 Å². The van der Waals surface area contributed by atoms with Crippen LogP contribution >= 0.6 is 35.0 Å². The van der Waals surface area contributed by atoms with E-state index in [9.17, 15) is 9.59 Å². The maximum Gasteiger partial charge on any atom is 0.255 e. The zero-order valence-electron chi connectivity index (χ0n) is 16.4. The molecule has 0 saturated heterocycles. The van der Waals surface area contributed by atoms with Gasteiger partial charge < -0.3 is 10.6 Å². The number of benzene rings is 3. The third-order valence-corrected chi connectivity index (χ3v) is 5.86. The first-order valence-electron chi connectivity index (χ1n) is 9.22. The number of hydrogen-bond donors (Lipinski definition) is 2. The summed E-state index contributed by atoms with van der Waals surface area (Å²) in [5.74, 6) is -0.309. The van der Waals surface area contributed by atoms with E-state index in [1.807, 2.05) is 56.3 Å². The van der Waals surface area contributed by atoms with Crippen LogP contribution in [-0.2, 0) is 4.79 Å². The Morgan fingerprint density at radius 3 is 2.13 bits per heavy atom. The first-order chi connectivity index (χ1) is 14.3. The molecule has 3 rings (SSSR count). The summed E-state index contributed by atoms with van der Waals surface area (Å²) in [7, 11) is 0. The predicted molar refractivity (Wildman–Crippen MR) is 126 cm³/mol. The number of aryl methyl sites for hydroxylation is 1. The molecule has 3 aromatic rings. The predicted octanol–water partition coefficient (Wildman–Crippen LogP) is 6.67. The number of hydrogen-bond acceptors (Lipinski definition) is 3.